The first-order chi connectivity index (χ1) is 8.59. The Morgan fingerprint density at radius 2 is 2.17 bits per heavy atom. The highest BCUT2D eigenvalue weighted by atomic mass is 16.2. The molecule has 3 heterocycles. The molecule has 0 saturated carbocycles. The van der Waals surface area contributed by atoms with Crippen LogP contribution >= 0.6 is 0 Å². The molecule has 8 heteroatoms. The Hall–Kier alpha value is -2.48. The van der Waals surface area contributed by atoms with Crippen LogP contribution in [0.15, 0.2) is 10.9 Å². The number of hydrogen-bond donors (Lipinski definition) is 3. The van der Waals surface area contributed by atoms with Gasteiger partial charge in [0.15, 0.2) is 5.69 Å². The van der Waals surface area contributed by atoms with Crippen molar-refractivity contribution in [2.75, 3.05) is 6.54 Å². The third-order valence-corrected chi connectivity index (χ3v) is 2.88. The monoisotopic (exact) mass is 247 g/mol. The van der Waals surface area contributed by atoms with Crippen molar-refractivity contribution < 1.29 is 9.59 Å². The number of carbonyl (C=O) groups excluding carboxylic acids is 2. The maximum atomic E-state index is 11.9. The van der Waals surface area contributed by atoms with E-state index in [2.05, 4.69) is 15.5 Å². The molecule has 92 valence electrons. The van der Waals surface area contributed by atoms with Gasteiger partial charge >= 0.3 is 0 Å². The lowest BCUT2D eigenvalue weighted by Gasteiger charge is -2.15. The molecule has 0 spiro atoms. The minimum absolute atomic E-state index is 0.105. The Morgan fingerprint density at radius 1 is 1.39 bits per heavy atom. The minimum Gasteiger partial charge on any atom is -0.364 e. The molecule has 0 radical (unpaired) electrons. The zero-order chi connectivity index (χ0) is 12.9. The largest absolute Gasteiger partial charge is 0.364 e. The normalized spacial score (nSPS) is 14.8. The molecule has 1 aliphatic rings. The number of amides is 1. The minimum atomic E-state index is -0.788. The molecule has 0 unspecified atom stereocenters. The van der Waals surface area contributed by atoms with Crippen LogP contribution in [0.2, 0.25) is 0 Å². The fraction of sp³-hybridized carbons (Fsp3) is 0.200. The standard InChI is InChI=1S/C10H9N5O3/c11-9(17)7-8-5(10(18)14-13-7)1-4-2-12-3-6(16)15(4)8/h1,12H,2-3H2,(H2,11,17)(H,14,18). The van der Waals surface area contributed by atoms with Crippen LogP contribution in [0.1, 0.15) is 21.0 Å². The number of aromatic nitrogens is 3. The fourth-order valence-corrected chi connectivity index (χ4v) is 2.15. The molecule has 1 amide bonds. The van der Waals surface area contributed by atoms with E-state index in [9.17, 15) is 14.4 Å². The summed E-state index contributed by atoms with van der Waals surface area (Å²) < 4.78 is 1.33. The van der Waals surface area contributed by atoms with Crippen molar-refractivity contribution in [3.8, 4) is 0 Å². The van der Waals surface area contributed by atoms with E-state index in [1.807, 2.05) is 0 Å². The van der Waals surface area contributed by atoms with Gasteiger partial charge in [0.05, 0.1) is 17.4 Å². The molecule has 0 bridgehead atoms. The van der Waals surface area contributed by atoms with E-state index in [4.69, 9.17) is 5.73 Å². The van der Waals surface area contributed by atoms with E-state index in [-0.39, 0.29) is 29.0 Å². The Morgan fingerprint density at radius 3 is 2.89 bits per heavy atom. The molecule has 2 aromatic heterocycles. The highest BCUT2D eigenvalue weighted by Gasteiger charge is 2.24. The quantitative estimate of drug-likeness (QED) is 0.570. The van der Waals surface area contributed by atoms with Crippen LogP contribution in [0.25, 0.3) is 10.9 Å². The molecule has 0 atom stereocenters. The molecule has 0 fully saturated rings. The van der Waals surface area contributed by atoms with E-state index in [1.165, 1.54) is 4.57 Å². The predicted octanol–water partition coefficient (Wildman–Crippen LogP) is -1.43. The number of carbonyl (C=O) groups is 2. The molecule has 1 aliphatic heterocycles. The van der Waals surface area contributed by atoms with Gasteiger partial charge in [-0.05, 0) is 6.07 Å². The molecule has 0 saturated heterocycles. The fourth-order valence-electron chi connectivity index (χ4n) is 2.15. The maximum Gasteiger partial charge on any atom is 0.273 e. The number of nitrogens with one attached hydrogen (secondary N) is 2. The van der Waals surface area contributed by atoms with Crippen LogP contribution in [0.3, 0.4) is 0 Å². The van der Waals surface area contributed by atoms with Crippen LogP contribution in [0.5, 0.6) is 0 Å². The Kier molecular flexibility index (Phi) is 2.08. The number of nitrogens with two attached hydrogens (primary N) is 1. The van der Waals surface area contributed by atoms with Gasteiger partial charge in [0, 0.05) is 12.2 Å². The second-order valence-electron chi connectivity index (χ2n) is 4.00. The van der Waals surface area contributed by atoms with Crippen molar-refractivity contribution in [2.24, 2.45) is 5.73 Å². The molecule has 4 N–H and O–H groups in total. The first-order valence-electron chi connectivity index (χ1n) is 5.26. The summed E-state index contributed by atoms with van der Waals surface area (Å²) in [6, 6.07) is 1.56. The summed E-state index contributed by atoms with van der Waals surface area (Å²) in [5.74, 6) is -1.04. The number of nitrogens with zero attached hydrogens (tertiary/aromatic N) is 2. The van der Waals surface area contributed by atoms with E-state index in [0.29, 0.717) is 12.2 Å². The lowest BCUT2D eigenvalue weighted by molar-refractivity contribution is 0.0899. The van der Waals surface area contributed by atoms with Gasteiger partial charge in [-0.2, -0.15) is 5.10 Å². The van der Waals surface area contributed by atoms with Crippen LogP contribution in [-0.2, 0) is 6.54 Å². The summed E-state index contributed by atoms with van der Waals surface area (Å²) in [5, 5.41) is 8.95. The van der Waals surface area contributed by atoms with E-state index in [1.54, 1.807) is 6.07 Å². The van der Waals surface area contributed by atoms with E-state index >= 15 is 0 Å². The SMILES string of the molecule is NC(=O)c1n[nH]c(=O)c2cc3n(c12)C(=O)CNC3. The van der Waals surface area contributed by atoms with Crippen LogP contribution in [0.4, 0.5) is 0 Å². The zero-order valence-electron chi connectivity index (χ0n) is 9.19. The second-order valence-corrected chi connectivity index (χ2v) is 4.00. The maximum absolute atomic E-state index is 11.9. The van der Waals surface area contributed by atoms with Crippen molar-refractivity contribution in [1.82, 2.24) is 20.1 Å². The van der Waals surface area contributed by atoms with E-state index in [0.717, 1.165) is 0 Å². The van der Waals surface area contributed by atoms with Gasteiger partial charge in [0.1, 0.15) is 0 Å². The average Bonchev–Trinajstić information content (AvgIpc) is 2.70. The lowest BCUT2D eigenvalue weighted by atomic mass is 10.2. The molecule has 0 aromatic carbocycles. The van der Waals surface area contributed by atoms with Gasteiger partial charge in [0.25, 0.3) is 11.5 Å². The summed E-state index contributed by atoms with van der Waals surface area (Å²) in [5.41, 5.74) is 5.45. The highest BCUT2D eigenvalue weighted by molar-refractivity contribution is 6.06. The number of primary amides is 1. The van der Waals surface area contributed by atoms with Crippen molar-refractivity contribution in [1.29, 1.82) is 0 Å². The number of rotatable bonds is 1. The molecule has 8 nitrogen and oxygen atoms in total. The molecular formula is C10H9N5O3. The number of H-pyrrole nitrogens is 1. The van der Waals surface area contributed by atoms with Gasteiger partial charge in [-0.1, -0.05) is 0 Å². The van der Waals surface area contributed by atoms with Crippen LogP contribution in [0, 0.1) is 0 Å². The summed E-state index contributed by atoms with van der Waals surface area (Å²) >= 11 is 0. The molecule has 2 aromatic rings. The summed E-state index contributed by atoms with van der Waals surface area (Å²) in [4.78, 5) is 34.8. The average molecular weight is 247 g/mol. The zero-order valence-corrected chi connectivity index (χ0v) is 9.19. The Labute approximate surface area is 99.8 Å². The number of aromatic amines is 1. The molecule has 0 aliphatic carbocycles. The van der Waals surface area contributed by atoms with Crippen molar-refractivity contribution in [2.45, 2.75) is 6.54 Å². The first kappa shape index (κ1) is 10.7. The summed E-state index contributed by atoms with van der Waals surface area (Å²) in [7, 11) is 0. The topological polar surface area (TPSA) is 123 Å². The van der Waals surface area contributed by atoms with Crippen molar-refractivity contribution >= 4 is 22.7 Å². The third-order valence-electron chi connectivity index (χ3n) is 2.88. The van der Waals surface area contributed by atoms with Crippen molar-refractivity contribution in [3.63, 3.8) is 0 Å². The van der Waals surface area contributed by atoms with Crippen LogP contribution < -0.4 is 16.6 Å². The lowest BCUT2D eigenvalue weighted by Crippen LogP contribution is -2.35. The molecule has 3 rings (SSSR count). The van der Waals surface area contributed by atoms with Gasteiger partial charge in [-0.25, -0.2) is 5.10 Å². The Balaban J connectivity index is 2.51. The highest BCUT2D eigenvalue weighted by Crippen LogP contribution is 2.20. The smallest absolute Gasteiger partial charge is 0.273 e. The van der Waals surface area contributed by atoms with E-state index < -0.39 is 11.5 Å². The van der Waals surface area contributed by atoms with Crippen LogP contribution in [-0.4, -0.2) is 33.1 Å². The number of hydrogen-bond acceptors (Lipinski definition) is 5. The Bertz CT molecular complexity index is 742. The van der Waals surface area contributed by atoms with Gasteiger partial charge in [0.2, 0.25) is 5.91 Å². The predicted molar refractivity (Wildman–Crippen MR) is 61.2 cm³/mol. The van der Waals surface area contributed by atoms with Crippen molar-refractivity contribution in [3.05, 3.63) is 27.8 Å². The van der Waals surface area contributed by atoms with Gasteiger partial charge in [-0.3, -0.25) is 19.0 Å². The third kappa shape index (κ3) is 1.29. The molecule has 18 heavy (non-hydrogen) atoms. The first-order valence-corrected chi connectivity index (χ1v) is 5.26. The van der Waals surface area contributed by atoms with Gasteiger partial charge < -0.3 is 11.1 Å². The number of fused-ring (bicyclic) bond motifs is 3. The second kappa shape index (κ2) is 3.50. The molecular weight excluding hydrogens is 238 g/mol. The summed E-state index contributed by atoms with van der Waals surface area (Å²) in [6.07, 6.45) is 0. The van der Waals surface area contributed by atoms with Gasteiger partial charge in [-0.15, -0.1) is 0 Å². The summed E-state index contributed by atoms with van der Waals surface area (Å²) in [6.45, 7) is 0.583.